The van der Waals surface area contributed by atoms with Crippen LogP contribution in [0.3, 0.4) is 0 Å². The van der Waals surface area contributed by atoms with Crippen molar-refractivity contribution < 1.29 is 4.79 Å². The van der Waals surface area contributed by atoms with Crippen molar-refractivity contribution in [2.24, 2.45) is 0 Å². The van der Waals surface area contributed by atoms with E-state index in [9.17, 15) is 4.79 Å². The molecule has 3 heterocycles. The van der Waals surface area contributed by atoms with Crippen LogP contribution in [0.2, 0.25) is 0 Å². The van der Waals surface area contributed by atoms with Crippen LogP contribution in [0.1, 0.15) is 34.8 Å². The van der Waals surface area contributed by atoms with Crippen molar-refractivity contribution in [3.05, 3.63) is 54.0 Å². The normalized spacial score (nSPS) is 17.4. The fourth-order valence-electron chi connectivity index (χ4n) is 3.78. The highest BCUT2D eigenvalue weighted by molar-refractivity contribution is 6.07. The molecular formula is C20H21N5O. The molecule has 132 valence electrons. The van der Waals surface area contributed by atoms with Crippen molar-refractivity contribution in [3.8, 4) is 6.07 Å². The van der Waals surface area contributed by atoms with Gasteiger partial charge in [-0.15, -0.1) is 0 Å². The van der Waals surface area contributed by atoms with Crippen LogP contribution < -0.4 is 0 Å². The van der Waals surface area contributed by atoms with Crippen LogP contribution in [0.25, 0.3) is 10.9 Å². The van der Waals surface area contributed by atoms with Crippen LogP contribution in [-0.2, 0) is 6.54 Å². The summed E-state index contributed by atoms with van der Waals surface area (Å²) in [5, 5.41) is 14.4. The van der Waals surface area contributed by atoms with Crippen LogP contribution in [0.4, 0.5) is 0 Å². The Morgan fingerprint density at radius 2 is 2.19 bits per heavy atom. The third kappa shape index (κ3) is 2.86. The second kappa shape index (κ2) is 6.68. The Hall–Kier alpha value is -3.07. The first-order chi connectivity index (χ1) is 12.7. The molecule has 1 aliphatic rings. The molecule has 0 spiro atoms. The number of nitriles is 1. The smallest absolute Gasteiger partial charge is 0.256 e. The summed E-state index contributed by atoms with van der Waals surface area (Å²) < 4.78 is 3.83. The van der Waals surface area contributed by atoms with Gasteiger partial charge in [-0.2, -0.15) is 10.4 Å². The number of carbonyl (C=O) groups is 1. The molecule has 2 aromatic heterocycles. The van der Waals surface area contributed by atoms with Gasteiger partial charge in [-0.05, 0) is 31.4 Å². The zero-order valence-corrected chi connectivity index (χ0v) is 14.8. The van der Waals surface area contributed by atoms with Crippen molar-refractivity contribution in [3.63, 3.8) is 0 Å². The van der Waals surface area contributed by atoms with Crippen LogP contribution in [0.5, 0.6) is 0 Å². The molecule has 1 amide bonds. The molecule has 6 heteroatoms. The molecule has 1 aromatic carbocycles. The van der Waals surface area contributed by atoms with E-state index < -0.39 is 0 Å². The molecule has 1 fully saturated rings. The van der Waals surface area contributed by atoms with Gasteiger partial charge in [0, 0.05) is 36.4 Å². The number of amides is 1. The van der Waals surface area contributed by atoms with Gasteiger partial charge < -0.3 is 9.47 Å². The molecule has 1 saturated heterocycles. The van der Waals surface area contributed by atoms with E-state index in [2.05, 4.69) is 11.2 Å². The Morgan fingerprint density at radius 1 is 1.35 bits per heavy atom. The molecule has 1 atom stereocenters. The fraction of sp³-hybridized carbons (Fsp3) is 0.350. The summed E-state index contributed by atoms with van der Waals surface area (Å²) in [5.41, 5.74) is 2.73. The Labute approximate surface area is 152 Å². The van der Waals surface area contributed by atoms with Gasteiger partial charge in [-0.1, -0.05) is 18.2 Å². The summed E-state index contributed by atoms with van der Waals surface area (Å²) >= 11 is 0. The maximum Gasteiger partial charge on any atom is 0.256 e. The Bertz CT molecular complexity index is 993. The molecule has 0 unspecified atom stereocenters. The number of carbonyl (C=O) groups excluding carboxylic acids is 1. The van der Waals surface area contributed by atoms with Gasteiger partial charge in [-0.25, -0.2) is 0 Å². The number of likely N-dealkylation sites (tertiary alicyclic amines) is 1. The van der Waals surface area contributed by atoms with E-state index >= 15 is 0 Å². The van der Waals surface area contributed by atoms with E-state index in [1.54, 1.807) is 0 Å². The minimum atomic E-state index is 0.0338. The second-order valence-electron chi connectivity index (χ2n) is 6.89. The molecule has 3 aromatic rings. The lowest BCUT2D eigenvalue weighted by atomic mass is 10.0. The largest absolute Gasteiger partial charge is 0.336 e. The highest BCUT2D eigenvalue weighted by atomic mass is 16.2. The first-order valence-corrected chi connectivity index (χ1v) is 8.92. The van der Waals surface area contributed by atoms with E-state index in [4.69, 9.17) is 5.26 Å². The number of hydrogen-bond acceptors (Lipinski definition) is 3. The Morgan fingerprint density at radius 3 is 2.96 bits per heavy atom. The predicted octanol–water partition coefficient (Wildman–Crippen LogP) is 3.15. The van der Waals surface area contributed by atoms with Crippen molar-refractivity contribution in [2.75, 3.05) is 13.1 Å². The van der Waals surface area contributed by atoms with E-state index in [0.29, 0.717) is 12.1 Å². The minimum absolute atomic E-state index is 0.0338. The van der Waals surface area contributed by atoms with Crippen LogP contribution in [0, 0.1) is 18.3 Å². The van der Waals surface area contributed by atoms with E-state index in [0.717, 1.165) is 35.9 Å². The molecule has 1 aliphatic heterocycles. The number of aromatic nitrogens is 3. The number of para-hydroxylation sites is 1. The van der Waals surface area contributed by atoms with Crippen molar-refractivity contribution in [1.29, 1.82) is 5.26 Å². The lowest BCUT2D eigenvalue weighted by Gasteiger charge is -2.32. The molecule has 6 nitrogen and oxygen atoms in total. The predicted molar refractivity (Wildman–Crippen MR) is 98.7 cm³/mol. The molecule has 0 radical (unpaired) electrons. The molecule has 0 bridgehead atoms. The summed E-state index contributed by atoms with van der Waals surface area (Å²) in [7, 11) is 0. The number of hydrogen-bond donors (Lipinski definition) is 0. The third-order valence-corrected chi connectivity index (χ3v) is 5.05. The van der Waals surface area contributed by atoms with E-state index in [1.807, 2.05) is 63.9 Å². The first kappa shape index (κ1) is 16.4. The van der Waals surface area contributed by atoms with Gasteiger partial charge in [0.15, 0.2) is 0 Å². The summed E-state index contributed by atoms with van der Waals surface area (Å²) in [6.07, 6.45) is 7.71. The summed E-state index contributed by atoms with van der Waals surface area (Å²) in [6, 6.07) is 10.2. The van der Waals surface area contributed by atoms with Crippen LogP contribution in [0.15, 0.2) is 42.9 Å². The van der Waals surface area contributed by atoms with Gasteiger partial charge in [0.2, 0.25) is 0 Å². The molecule has 26 heavy (non-hydrogen) atoms. The topological polar surface area (TPSA) is 66.8 Å². The molecular weight excluding hydrogens is 326 g/mol. The highest BCUT2D eigenvalue weighted by Gasteiger charge is 2.27. The number of nitrogens with zero attached hydrogens (tertiary/aromatic N) is 5. The SMILES string of the molecule is Cc1cnn([C@@H]2CCCN(C(=O)c3cn(CC#N)c4ccccc34)C2)c1. The van der Waals surface area contributed by atoms with Gasteiger partial charge in [0.25, 0.3) is 5.91 Å². The summed E-state index contributed by atoms with van der Waals surface area (Å²) in [6.45, 7) is 3.69. The number of benzene rings is 1. The van der Waals surface area contributed by atoms with Gasteiger partial charge >= 0.3 is 0 Å². The minimum Gasteiger partial charge on any atom is -0.336 e. The van der Waals surface area contributed by atoms with Crippen molar-refractivity contribution in [1.82, 2.24) is 19.2 Å². The number of piperidine rings is 1. The van der Waals surface area contributed by atoms with E-state index in [1.165, 1.54) is 0 Å². The van der Waals surface area contributed by atoms with Crippen molar-refractivity contribution in [2.45, 2.75) is 32.4 Å². The third-order valence-electron chi connectivity index (χ3n) is 5.05. The Balaban J connectivity index is 1.63. The zero-order chi connectivity index (χ0) is 18.1. The van der Waals surface area contributed by atoms with Crippen LogP contribution in [-0.4, -0.2) is 38.2 Å². The maximum atomic E-state index is 13.2. The van der Waals surface area contributed by atoms with Gasteiger partial charge in [0.1, 0.15) is 6.54 Å². The van der Waals surface area contributed by atoms with E-state index in [-0.39, 0.29) is 18.5 Å². The quantitative estimate of drug-likeness (QED) is 0.731. The summed E-state index contributed by atoms with van der Waals surface area (Å²) in [5.74, 6) is 0.0338. The average molecular weight is 347 g/mol. The molecule has 0 aliphatic carbocycles. The fourth-order valence-corrected chi connectivity index (χ4v) is 3.78. The second-order valence-corrected chi connectivity index (χ2v) is 6.89. The van der Waals surface area contributed by atoms with Crippen molar-refractivity contribution >= 4 is 16.8 Å². The number of aryl methyl sites for hydroxylation is 1. The number of fused-ring (bicyclic) bond motifs is 1. The van der Waals surface area contributed by atoms with Gasteiger partial charge in [-0.3, -0.25) is 9.48 Å². The standard InChI is InChI=1S/C20H21N5O/c1-15-11-22-25(12-15)16-5-4-9-24(13-16)20(26)18-14-23(10-8-21)19-7-3-2-6-17(18)19/h2-3,6-7,11-12,14,16H,4-5,9-10,13H2,1H3/t16-/m1/s1. The number of rotatable bonds is 3. The highest BCUT2D eigenvalue weighted by Crippen LogP contribution is 2.26. The average Bonchev–Trinajstić information content (AvgIpc) is 3.26. The molecule has 0 N–H and O–H groups in total. The lowest BCUT2D eigenvalue weighted by molar-refractivity contribution is 0.0674. The summed E-state index contributed by atoms with van der Waals surface area (Å²) in [4.78, 5) is 15.1. The zero-order valence-electron chi connectivity index (χ0n) is 14.8. The molecule has 4 rings (SSSR count). The monoisotopic (exact) mass is 347 g/mol. The maximum absolute atomic E-state index is 13.2. The van der Waals surface area contributed by atoms with Crippen LogP contribution >= 0.6 is 0 Å². The molecule has 0 saturated carbocycles. The Kier molecular flexibility index (Phi) is 4.21. The van der Waals surface area contributed by atoms with Gasteiger partial charge in [0.05, 0.1) is 23.9 Å². The lowest BCUT2D eigenvalue weighted by Crippen LogP contribution is -2.40. The first-order valence-electron chi connectivity index (χ1n) is 8.92.